The Kier molecular flexibility index (Phi) is 5.40. The van der Waals surface area contributed by atoms with E-state index in [9.17, 15) is 9.59 Å². The van der Waals surface area contributed by atoms with Crippen molar-refractivity contribution in [2.24, 2.45) is 0 Å². The smallest absolute Gasteiger partial charge is 0.338 e. The Labute approximate surface area is 181 Å². The summed E-state index contributed by atoms with van der Waals surface area (Å²) < 4.78 is 19.2. The molecule has 158 valence electrons. The maximum absolute atomic E-state index is 12.5. The van der Waals surface area contributed by atoms with E-state index in [1.165, 1.54) is 17.4 Å². The molecule has 1 atom stereocenters. The van der Waals surface area contributed by atoms with Gasteiger partial charge in [-0.05, 0) is 49.2 Å². The fourth-order valence-electron chi connectivity index (χ4n) is 3.57. The van der Waals surface area contributed by atoms with Gasteiger partial charge < -0.3 is 14.2 Å². The number of carbonyl (C=O) groups excluding carboxylic acids is 1. The number of hydrogen-bond donors (Lipinski definition) is 0. The highest BCUT2D eigenvalue weighted by Gasteiger charge is 2.16. The average molecular weight is 436 g/mol. The molecule has 2 aromatic heterocycles. The second kappa shape index (κ2) is 8.49. The fourth-order valence-corrected chi connectivity index (χ4v) is 4.62. The van der Waals surface area contributed by atoms with Crippen LogP contribution in [0.15, 0.2) is 59.4 Å². The lowest BCUT2D eigenvalue weighted by Crippen LogP contribution is -2.16. The molecule has 1 aliphatic rings. The van der Waals surface area contributed by atoms with Gasteiger partial charge in [0, 0.05) is 12.7 Å². The van der Waals surface area contributed by atoms with Crippen molar-refractivity contribution in [2.75, 3.05) is 13.2 Å². The standard InChI is InChI=1S/C23H20N2O5S/c26-21-12-16(24-23-25(21)19-5-1-2-6-20(19)31-23)13-30-22(27)15-7-9-17(10-8-15)29-14-18-4-3-11-28-18/h1-2,5-10,12,18H,3-4,11,13-14H2/t18-/m1/s1. The van der Waals surface area contributed by atoms with E-state index >= 15 is 0 Å². The van der Waals surface area contributed by atoms with Crippen LogP contribution < -0.4 is 10.3 Å². The van der Waals surface area contributed by atoms with Crippen molar-refractivity contribution in [3.05, 3.63) is 76.2 Å². The molecule has 2 aromatic carbocycles. The zero-order valence-electron chi connectivity index (χ0n) is 16.7. The number of nitrogens with zero attached hydrogens (tertiary/aromatic N) is 2. The highest BCUT2D eigenvalue weighted by Crippen LogP contribution is 2.23. The van der Waals surface area contributed by atoms with E-state index in [1.54, 1.807) is 28.7 Å². The third-order valence-electron chi connectivity index (χ3n) is 5.15. The minimum Gasteiger partial charge on any atom is -0.491 e. The molecule has 7 nitrogen and oxygen atoms in total. The molecule has 1 fully saturated rings. The van der Waals surface area contributed by atoms with Crippen LogP contribution in [-0.4, -0.2) is 34.7 Å². The normalized spacial score (nSPS) is 16.1. The van der Waals surface area contributed by atoms with E-state index in [2.05, 4.69) is 4.98 Å². The summed E-state index contributed by atoms with van der Waals surface area (Å²) in [5.41, 5.74) is 1.46. The SMILES string of the molecule is O=C(OCc1cc(=O)n2c(n1)sc1ccccc12)c1ccc(OC[C@H]2CCCO2)cc1. The zero-order chi connectivity index (χ0) is 21.2. The van der Waals surface area contributed by atoms with Crippen LogP contribution in [0.3, 0.4) is 0 Å². The maximum atomic E-state index is 12.5. The van der Waals surface area contributed by atoms with Crippen LogP contribution in [0.2, 0.25) is 0 Å². The van der Waals surface area contributed by atoms with Crippen molar-refractivity contribution >= 4 is 32.5 Å². The number of esters is 1. The Morgan fingerprint density at radius 3 is 2.84 bits per heavy atom. The summed E-state index contributed by atoms with van der Waals surface area (Å²) in [6.07, 6.45) is 2.21. The van der Waals surface area contributed by atoms with Gasteiger partial charge in [-0.25, -0.2) is 9.78 Å². The highest BCUT2D eigenvalue weighted by molar-refractivity contribution is 7.23. The largest absolute Gasteiger partial charge is 0.491 e. The molecule has 0 saturated carbocycles. The molecule has 0 amide bonds. The van der Waals surface area contributed by atoms with Gasteiger partial charge in [0.25, 0.3) is 5.56 Å². The summed E-state index contributed by atoms with van der Waals surface area (Å²) in [5, 5.41) is 0. The van der Waals surface area contributed by atoms with Crippen LogP contribution in [0, 0.1) is 0 Å². The molecule has 3 heterocycles. The molecule has 0 unspecified atom stereocenters. The maximum Gasteiger partial charge on any atom is 0.338 e. The Morgan fingerprint density at radius 2 is 2.03 bits per heavy atom. The number of ether oxygens (including phenoxy) is 3. The van der Waals surface area contributed by atoms with E-state index < -0.39 is 5.97 Å². The molecule has 1 aliphatic heterocycles. The molecule has 31 heavy (non-hydrogen) atoms. The number of para-hydroxylation sites is 1. The van der Waals surface area contributed by atoms with Gasteiger partial charge in [0.1, 0.15) is 19.0 Å². The summed E-state index contributed by atoms with van der Waals surface area (Å²) in [4.78, 5) is 30.0. The van der Waals surface area contributed by atoms with Crippen LogP contribution in [-0.2, 0) is 16.1 Å². The molecule has 0 N–H and O–H groups in total. The van der Waals surface area contributed by atoms with Crippen LogP contribution >= 0.6 is 11.3 Å². The number of carbonyl (C=O) groups is 1. The van der Waals surface area contributed by atoms with Gasteiger partial charge in [-0.1, -0.05) is 23.5 Å². The molecule has 0 bridgehead atoms. The third kappa shape index (κ3) is 4.17. The van der Waals surface area contributed by atoms with E-state index in [1.807, 2.05) is 24.3 Å². The quantitative estimate of drug-likeness (QED) is 0.428. The van der Waals surface area contributed by atoms with Crippen molar-refractivity contribution < 1.29 is 19.0 Å². The molecular weight excluding hydrogens is 416 g/mol. The van der Waals surface area contributed by atoms with Crippen LogP contribution in [0.1, 0.15) is 28.9 Å². The lowest BCUT2D eigenvalue weighted by molar-refractivity contribution is 0.0467. The second-order valence-electron chi connectivity index (χ2n) is 7.32. The molecular formula is C23H20N2O5S. The Bertz CT molecular complexity index is 1290. The van der Waals surface area contributed by atoms with E-state index in [0.29, 0.717) is 28.6 Å². The predicted molar refractivity (Wildman–Crippen MR) is 117 cm³/mol. The molecule has 5 rings (SSSR count). The first kappa shape index (κ1) is 19.7. The van der Waals surface area contributed by atoms with Crippen molar-refractivity contribution in [3.63, 3.8) is 0 Å². The van der Waals surface area contributed by atoms with E-state index in [0.717, 1.165) is 29.7 Å². The summed E-state index contributed by atoms with van der Waals surface area (Å²) in [7, 11) is 0. The van der Waals surface area contributed by atoms with E-state index in [-0.39, 0.29) is 18.3 Å². The first-order valence-corrected chi connectivity index (χ1v) is 10.9. The Balaban J connectivity index is 1.24. The molecule has 8 heteroatoms. The molecule has 0 aliphatic carbocycles. The summed E-state index contributed by atoms with van der Waals surface area (Å²) in [6, 6.07) is 15.8. The van der Waals surface area contributed by atoms with Gasteiger partial charge >= 0.3 is 5.97 Å². The van der Waals surface area contributed by atoms with Crippen LogP contribution in [0.4, 0.5) is 0 Å². The van der Waals surface area contributed by atoms with Crippen LogP contribution in [0.25, 0.3) is 15.2 Å². The van der Waals surface area contributed by atoms with Crippen molar-refractivity contribution in [2.45, 2.75) is 25.6 Å². The Hall–Kier alpha value is -3.23. The molecule has 1 saturated heterocycles. The van der Waals surface area contributed by atoms with Crippen molar-refractivity contribution in [1.29, 1.82) is 0 Å². The van der Waals surface area contributed by atoms with Gasteiger partial charge in [-0.3, -0.25) is 9.20 Å². The minimum atomic E-state index is -0.482. The number of benzene rings is 2. The lowest BCUT2D eigenvalue weighted by atomic mass is 10.2. The highest BCUT2D eigenvalue weighted by atomic mass is 32.1. The summed E-state index contributed by atoms with van der Waals surface area (Å²) >= 11 is 1.42. The predicted octanol–water partition coefficient (Wildman–Crippen LogP) is 3.82. The van der Waals surface area contributed by atoms with Gasteiger partial charge in [0.2, 0.25) is 0 Å². The number of hydrogen-bond acceptors (Lipinski definition) is 7. The molecule has 0 radical (unpaired) electrons. The zero-order valence-corrected chi connectivity index (χ0v) is 17.5. The number of thiazole rings is 1. The minimum absolute atomic E-state index is 0.0733. The molecule has 4 aromatic rings. The molecule has 0 spiro atoms. The van der Waals surface area contributed by atoms with Gasteiger partial charge in [0.05, 0.1) is 27.6 Å². The monoisotopic (exact) mass is 436 g/mol. The second-order valence-corrected chi connectivity index (χ2v) is 8.33. The van der Waals surface area contributed by atoms with Gasteiger partial charge in [0.15, 0.2) is 4.96 Å². The van der Waals surface area contributed by atoms with Crippen molar-refractivity contribution in [1.82, 2.24) is 9.38 Å². The summed E-state index contributed by atoms with van der Waals surface area (Å²) in [5.74, 6) is 0.195. The number of aromatic nitrogens is 2. The number of fused-ring (bicyclic) bond motifs is 3. The Morgan fingerprint density at radius 1 is 1.19 bits per heavy atom. The first-order valence-electron chi connectivity index (χ1n) is 10.1. The fraction of sp³-hybridized carbons (Fsp3) is 0.261. The third-order valence-corrected chi connectivity index (χ3v) is 6.17. The van der Waals surface area contributed by atoms with Crippen LogP contribution in [0.5, 0.6) is 5.75 Å². The van der Waals surface area contributed by atoms with Gasteiger partial charge in [-0.2, -0.15) is 0 Å². The van der Waals surface area contributed by atoms with Crippen molar-refractivity contribution in [3.8, 4) is 5.75 Å². The van der Waals surface area contributed by atoms with E-state index in [4.69, 9.17) is 14.2 Å². The topological polar surface area (TPSA) is 79.1 Å². The lowest BCUT2D eigenvalue weighted by Gasteiger charge is -2.11. The van der Waals surface area contributed by atoms with Gasteiger partial charge in [-0.15, -0.1) is 0 Å². The summed E-state index contributed by atoms with van der Waals surface area (Å²) in [6.45, 7) is 1.22. The first-order chi connectivity index (χ1) is 15.2. The number of rotatable bonds is 6. The average Bonchev–Trinajstić information content (AvgIpc) is 3.44.